The maximum Gasteiger partial charge on any atom is 0.408 e. The number of hydrogen-bond donors (Lipinski definition) is 2. The number of hydrogen-bond acceptors (Lipinski definition) is 4. The van der Waals surface area contributed by atoms with Gasteiger partial charge >= 0.3 is 6.09 Å². The third-order valence-corrected chi connectivity index (χ3v) is 6.66. The number of amides is 3. The maximum atomic E-state index is 14.0. The van der Waals surface area contributed by atoms with Gasteiger partial charge in [-0.2, -0.15) is 0 Å². The summed E-state index contributed by atoms with van der Waals surface area (Å²) in [5.41, 5.74) is 2.67. The number of ether oxygens (including phenoxy) is 1. The monoisotopic (exact) mass is 531 g/mol. The molecule has 0 heterocycles. The van der Waals surface area contributed by atoms with Gasteiger partial charge in [0.1, 0.15) is 17.7 Å². The molecule has 0 aliphatic carbocycles. The quantitative estimate of drug-likeness (QED) is 0.322. The molecular weight excluding hydrogens is 490 g/mol. The fourth-order valence-electron chi connectivity index (χ4n) is 4.49. The van der Waals surface area contributed by atoms with Crippen LogP contribution in [0.4, 0.5) is 10.5 Å². The zero-order valence-corrected chi connectivity index (χ0v) is 24.1. The van der Waals surface area contributed by atoms with E-state index in [4.69, 9.17) is 4.74 Å². The van der Waals surface area contributed by atoms with E-state index in [9.17, 15) is 14.4 Å². The molecule has 3 amide bonds. The third-order valence-electron chi connectivity index (χ3n) is 6.66. The summed E-state index contributed by atoms with van der Waals surface area (Å²) in [4.78, 5) is 41.9. The summed E-state index contributed by atoms with van der Waals surface area (Å²) < 4.78 is 5.36. The third kappa shape index (κ3) is 7.82. The molecule has 0 aliphatic rings. The van der Waals surface area contributed by atoms with Crippen LogP contribution >= 0.6 is 0 Å². The molecule has 3 aromatic carbocycles. The summed E-state index contributed by atoms with van der Waals surface area (Å²) in [6, 6.07) is 17.7. The molecule has 0 saturated heterocycles. The van der Waals surface area contributed by atoms with E-state index in [1.165, 1.54) is 0 Å². The van der Waals surface area contributed by atoms with Gasteiger partial charge in [0.15, 0.2) is 0 Å². The molecular formula is C32H41N3O4. The largest absolute Gasteiger partial charge is 0.444 e. The average Bonchev–Trinajstić information content (AvgIpc) is 2.86. The Morgan fingerprint density at radius 1 is 0.949 bits per heavy atom. The van der Waals surface area contributed by atoms with Crippen molar-refractivity contribution in [2.45, 2.75) is 79.0 Å². The maximum absolute atomic E-state index is 14.0. The van der Waals surface area contributed by atoms with E-state index in [0.717, 1.165) is 33.9 Å². The molecule has 3 rings (SSSR count). The molecule has 0 saturated carbocycles. The van der Waals surface area contributed by atoms with Gasteiger partial charge < -0.3 is 20.3 Å². The SMILES string of the molecule is CCCCN(C(=O)C(C)NC(=O)OC(C)(C)C)C(C(=O)Nc1ccc2ccccc2c1)c1cccc(C)c1C. The van der Waals surface area contributed by atoms with Crippen LogP contribution in [0, 0.1) is 13.8 Å². The van der Waals surface area contributed by atoms with Gasteiger partial charge in [0.25, 0.3) is 5.91 Å². The summed E-state index contributed by atoms with van der Waals surface area (Å²) in [7, 11) is 0. The van der Waals surface area contributed by atoms with Gasteiger partial charge in [-0.25, -0.2) is 4.79 Å². The van der Waals surface area contributed by atoms with Gasteiger partial charge in [0, 0.05) is 12.2 Å². The zero-order valence-electron chi connectivity index (χ0n) is 24.1. The van der Waals surface area contributed by atoms with Crippen LogP contribution < -0.4 is 10.6 Å². The molecule has 3 aromatic rings. The lowest BCUT2D eigenvalue weighted by atomic mass is 9.94. The zero-order chi connectivity index (χ0) is 28.7. The first kappa shape index (κ1) is 29.7. The molecule has 7 nitrogen and oxygen atoms in total. The van der Waals surface area contributed by atoms with Crippen LogP contribution in [0.25, 0.3) is 10.8 Å². The first-order chi connectivity index (χ1) is 18.4. The van der Waals surface area contributed by atoms with Gasteiger partial charge in [-0.1, -0.05) is 61.9 Å². The van der Waals surface area contributed by atoms with E-state index in [2.05, 4.69) is 10.6 Å². The van der Waals surface area contributed by atoms with Gasteiger partial charge in [-0.05, 0) is 87.6 Å². The van der Waals surface area contributed by atoms with Gasteiger partial charge in [0.05, 0.1) is 0 Å². The predicted molar refractivity (Wildman–Crippen MR) is 157 cm³/mol. The predicted octanol–water partition coefficient (Wildman–Crippen LogP) is 6.68. The summed E-state index contributed by atoms with van der Waals surface area (Å²) >= 11 is 0. The van der Waals surface area contributed by atoms with Crippen molar-refractivity contribution in [1.82, 2.24) is 10.2 Å². The molecule has 0 aliphatic heterocycles. The van der Waals surface area contributed by atoms with Crippen molar-refractivity contribution in [1.29, 1.82) is 0 Å². The topological polar surface area (TPSA) is 87.7 Å². The van der Waals surface area contributed by atoms with Crippen LogP contribution in [0.5, 0.6) is 0 Å². The molecule has 0 bridgehead atoms. The number of alkyl carbamates (subject to hydrolysis) is 1. The lowest BCUT2D eigenvalue weighted by molar-refractivity contribution is -0.140. The van der Waals surface area contributed by atoms with Crippen molar-refractivity contribution in [3.8, 4) is 0 Å². The summed E-state index contributed by atoms with van der Waals surface area (Å²) in [6.45, 7) is 13.3. The van der Waals surface area contributed by atoms with Crippen molar-refractivity contribution < 1.29 is 19.1 Å². The Kier molecular flexibility index (Phi) is 9.73. The molecule has 39 heavy (non-hydrogen) atoms. The Morgan fingerprint density at radius 3 is 2.31 bits per heavy atom. The second-order valence-electron chi connectivity index (χ2n) is 11.0. The molecule has 0 radical (unpaired) electrons. The van der Waals surface area contributed by atoms with Crippen molar-refractivity contribution in [2.75, 3.05) is 11.9 Å². The van der Waals surface area contributed by atoms with Crippen LogP contribution in [0.3, 0.4) is 0 Å². The lowest BCUT2D eigenvalue weighted by Gasteiger charge is -2.34. The van der Waals surface area contributed by atoms with Crippen LogP contribution in [-0.4, -0.2) is 41.0 Å². The smallest absolute Gasteiger partial charge is 0.408 e. The fourth-order valence-corrected chi connectivity index (χ4v) is 4.49. The number of unbranched alkanes of at least 4 members (excludes halogenated alkanes) is 1. The molecule has 0 fully saturated rings. The molecule has 2 atom stereocenters. The Bertz CT molecular complexity index is 1330. The minimum atomic E-state index is -0.891. The van der Waals surface area contributed by atoms with Crippen molar-refractivity contribution in [3.63, 3.8) is 0 Å². The van der Waals surface area contributed by atoms with E-state index in [0.29, 0.717) is 18.7 Å². The number of nitrogens with one attached hydrogen (secondary N) is 2. The number of anilines is 1. The second kappa shape index (κ2) is 12.8. The van der Waals surface area contributed by atoms with Crippen molar-refractivity contribution >= 4 is 34.4 Å². The van der Waals surface area contributed by atoms with Gasteiger partial charge in [0.2, 0.25) is 5.91 Å². The molecule has 7 heteroatoms. The summed E-state index contributed by atoms with van der Waals surface area (Å²) in [5.74, 6) is -0.665. The van der Waals surface area contributed by atoms with Crippen molar-refractivity contribution in [3.05, 3.63) is 77.4 Å². The molecule has 2 N–H and O–H groups in total. The van der Waals surface area contributed by atoms with E-state index < -0.39 is 23.8 Å². The van der Waals surface area contributed by atoms with Crippen LogP contribution in [0.1, 0.15) is 70.2 Å². The Labute approximate surface area is 231 Å². The minimum absolute atomic E-state index is 0.312. The number of carbonyl (C=O) groups is 3. The molecule has 208 valence electrons. The standard InChI is InChI=1S/C32H41N3O4/c1-8-9-19-35(30(37)23(4)33-31(38)39-32(5,6)7)28(27-16-12-13-21(2)22(27)3)29(36)34-26-18-17-24-14-10-11-15-25(24)20-26/h10-18,20,23,28H,8-9,19H2,1-7H3,(H,33,38)(H,34,36). The molecule has 0 aromatic heterocycles. The fraction of sp³-hybridized carbons (Fsp3) is 0.406. The van der Waals surface area contributed by atoms with E-state index in [1.54, 1.807) is 32.6 Å². The highest BCUT2D eigenvalue weighted by Gasteiger charge is 2.35. The minimum Gasteiger partial charge on any atom is -0.444 e. The van der Waals surface area contributed by atoms with Gasteiger partial charge in [-0.15, -0.1) is 0 Å². The molecule has 0 spiro atoms. The average molecular weight is 532 g/mol. The Morgan fingerprint density at radius 2 is 1.64 bits per heavy atom. The second-order valence-corrected chi connectivity index (χ2v) is 11.0. The number of rotatable bonds is 9. The Balaban J connectivity index is 1.99. The van der Waals surface area contributed by atoms with Crippen molar-refractivity contribution in [2.24, 2.45) is 0 Å². The number of carbonyl (C=O) groups excluding carboxylic acids is 3. The van der Waals surface area contributed by atoms with Crippen LogP contribution in [-0.2, 0) is 14.3 Å². The highest BCUT2D eigenvalue weighted by molar-refractivity contribution is 6.00. The number of fused-ring (bicyclic) bond motifs is 1. The van der Waals surface area contributed by atoms with E-state index >= 15 is 0 Å². The first-order valence-electron chi connectivity index (χ1n) is 13.6. The van der Waals surface area contributed by atoms with E-state index in [1.807, 2.05) is 81.4 Å². The molecule has 2 unspecified atom stereocenters. The lowest BCUT2D eigenvalue weighted by Crippen LogP contribution is -2.51. The van der Waals surface area contributed by atoms with Crippen LogP contribution in [0.2, 0.25) is 0 Å². The number of aryl methyl sites for hydroxylation is 1. The summed E-state index contributed by atoms with van der Waals surface area (Å²) in [5, 5.41) is 7.79. The highest BCUT2D eigenvalue weighted by Crippen LogP contribution is 2.29. The Hall–Kier alpha value is -3.87. The highest BCUT2D eigenvalue weighted by atomic mass is 16.6. The summed E-state index contributed by atoms with van der Waals surface area (Å²) in [6.07, 6.45) is 0.863. The first-order valence-corrected chi connectivity index (χ1v) is 13.6. The number of nitrogens with zero attached hydrogens (tertiary/aromatic N) is 1. The van der Waals surface area contributed by atoms with E-state index in [-0.39, 0.29) is 11.8 Å². The normalized spacial score (nSPS) is 12.9. The van der Waals surface area contributed by atoms with Crippen LogP contribution in [0.15, 0.2) is 60.7 Å². The van der Waals surface area contributed by atoms with Gasteiger partial charge in [-0.3, -0.25) is 9.59 Å². The number of benzene rings is 3.